The Balaban J connectivity index is 1.47. The lowest BCUT2D eigenvalue weighted by atomic mass is 9.78. The molecule has 1 aliphatic rings. The largest absolute Gasteiger partial charge is 0.386 e. The number of thiazole rings is 1. The first kappa shape index (κ1) is 16.6. The molecule has 0 unspecified atom stereocenters. The first-order valence-electron chi connectivity index (χ1n) is 8.51. The fourth-order valence-corrected chi connectivity index (χ4v) is 4.42. The van der Waals surface area contributed by atoms with Crippen molar-refractivity contribution in [2.75, 3.05) is 0 Å². The van der Waals surface area contributed by atoms with Crippen LogP contribution in [-0.2, 0) is 7.05 Å². The van der Waals surface area contributed by atoms with Gasteiger partial charge in [0.2, 0.25) is 5.92 Å². The summed E-state index contributed by atoms with van der Waals surface area (Å²) in [6.07, 6.45) is 2.04. The van der Waals surface area contributed by atoms with Gasteiger partial charge in [0.25, 0.3) is 0 Å². The molecule has 0 amide bonds. The van der Waals surface area contributed by atoms with Gasteiger partial charge in [-0.2, -0.15) is 5.10 Å². The number of aryl methyl sites for hydroxylation is 1. The van der Waals surface area contributed by atoms with E-state index in [-0.39, 0.29) is 12.8 Å². The minimum absolute atomic E-state index is 0.292. The molecule has 1 fully saturated rings. The molecule has 1 saturated carbocycles. The average molecular weight is 387 g/mol. The Morgan fingerprint density at radius 2 is 2.07 bits per heavy atom. The van der Waals surface area contributed by atoms with E-state index in [9.17, 15) is 13.9 Å². The van der Waals surface area contributed by atoms with Gasteiger partial charge in [0.1, 0.15) is 11.1 Å². The predicted octanol–water partition coefficient (Wildman–Crippen LogP) is 3.72. The van der Waals surface area contributed by atoms with Gasteiger partial charge in [-0.1, -0.05) is 0 Å². The van der Waals surface area contributed by atoms with Crippen molar-refractivity contribution in [3.05, 3.63) is 35.6 Å². The van der Waals surface area contributed by atoms with Crippen molar-refractivity contribution < 1.29 is 13.9 Å². The van der Waals surface area contributed by atoms with Gasteiger partial charge in [0, 0.05) is 49.2 Å². The molecule has 4 aromatic heterocycles. The number of fused-ring (bicyclic) bond motifs is 2. The summed E-state index contributed by atoms with van der Waals surface area (Å²) in [5.74, 6) is -3.11. The molecule has 1 aliphatic carbocycles. The van der Waals surface area contributed by atoms with Crippen LogP contribution in [0.2, 0.25) is 0 Å². The van der Waals surface area contributed by atoms with Crippen LogP contribution in [0.3, 0.4) is 0 Å². The second-order valence-corrected chi connectivity index (χ2v) is 8.04. The van der Waals surface area contributed by atoms with Gasteiger partial charge in [-0.3, -0.25) is 4.68 Å². The van der Waals surface area contributed by atoms with E-state index < -0.39 is 17.9 Å². The molecule has 5 rings (SSSR count). The summed E-state index contributed by atoms with van der Waals surface area (Å²) >= 11 is 1.30. The lowest BCUT2D eigenvalue weighted by Gasteiger charge is -2.37. The summed E-state index contributed by atoms with van der Waals surface area (Å²) in [5.41, 5.74) is 2.72. The van der Waals surface area contributed by atoms with Crippen molar-refractivity contribution in [3.63, 3.8) is 0 Å². The molecular weight excluding hydrogens is 372 g/mol. The second kappa shape index (κ2) is 5.74. The zero-order valence-electron chi connectivity index (χ0n) is 14.3. The third kappa shape index (κ3) is 2.87. The van der Waals surface area contributed by atoms with E-state index in [1.54, 1.807) is 10.9 Å². The number of aliphatic hydroxyl groups is 1. The van der Waals surface area contributed by atoms with Crippen LogP contribution in [0.4, 0.5) is 8.78 Å². The molecule has 27 heavy (non-hydrogen) atoms. The molecule has 0 saturated heterocycles. The van der Waals surface area contributed by atoms with Gasteiger partial charge in [-0.25, -0.2) is 23.7 Å². The number of alkyl halides is 2. The number of rotatable bonds is 3. The maximum Gasteiger partial charge on any atom is 0.248 e. The lowest BCUT2D eigenvalue weighted by molar-refractivity contribution is -0.142. The highest BCUT2D eigenvalue weighted by Crippen LogP contribution is 2.49. The minimum atomic E-state index is -2.66. The molecule has 1 atom stereocenters. The molecule has 9 heteroatoms. The Labute approximate surface area is 156 Å². The lowest BCUT2D eigenvalue weighted by Crippen LogP contribution is -2.38. The highest BCUT2D eigenvalue weighted by molar-refractivity contribution is 7.18. The highest BCUT2D eigenvalue weighted by atomic mass is 32.1. The fraction of sp³-hybridized carbons (Fsp3) is 0.333. The van der Waals surface area contributed by atoms with E-state index in [0.717, 1.165) is 15.6 Å². The first-order valence-corrected chi connectivity index (χ1v) is 9.33. The summed E-state index contributed by atoms with van der Waals surface area (Å²) in [7, 11) is 1.84. The minimum Gasteiger partial charge on any atom is -0.386 e. The Kier molecular flexibility index (Phi) is 3.54. The van der Waals surface area contributed by atoms with Gasteiger partial charge >= 0.3 is 0 Å². The Bertz CT molecular complexity index is 1160. The Morgan fingerprint density at radius 1 is 1.26 bits per heavy atom. The summed E-state index contributed by atoms with van der Waals surface area (Å²) in [5, 5.41) is 16.0. The van der Waals surface area contributed by atoms with E-state index in [1.165, 1.54) is 11.3 Å². The van der Waals surface area contributed by atoms with Crippen molar-refractivity contribution in [1.29, 1.82) is 0 Å². The molecule has 6 nitrogen and oxygen atoms in total. The maximum absolute atomic E-state index is 13.1. The van der Waals surface area contributed by atoms with Gasteiger partial charge in [-0.05, 0) is 18.2 Å². The van der Waals surface area contributed by atoms with Gasteiger partial charge in [-0.15, -0.1) is 11.3 Å². The van der Waals surface area contributed by atoms with E-state index >= 15 is 0 Å². The van der Waals surface area contributed by atoms with Gasteiger partial charge in [0.05, 0.1) is 10.4 Å². The smallest absolute Gasteiger partial charge is 0.248 e. The third-order valence-electron chi connectivity index (χ3n) is 4.86. The first-order chi connectivity index (χ1) is 12.9. The fourth-order valence-electron chi connectivity index (χ4n) is 3.43. The summed E-state index contributed by atoms with van der Waals surface area (Å²) in [6, 6.07) is 5.71. The monoisotopic (exact) mass is 387 g/mol. The molecule has 0 aliphatic heterocycles. The number of aromatic nitrogens is 5. The predicted molar refractivity (Wildman–Crippen MR) is 97.5 cm³/mol. The normalized spacial score (nSPS) is 18.1. The second-order valence-electron chi connectivity index (χ2n) is 6.98. The van der Waals surface area contributed by atoms with Crippen molar-refractivity contribution >= 4 is 32.7 Å². The molecule has 0 radical (unpaired) electrons. The Morgan fingerprint density at radius 3 is 2.85 bits per heavy atom. The van der Waals surface area contributed by atoms with Crippen LogP contribution in [0.1, 0.15) is 24.0 Å². The zero-order chi connectivity index (χ0) is 18.8. The van der Waals surface area contributed by atoms with E-state index in [1.807, 2.05) is 31.4 Å². The van der Waals surface area contributed by atoms with Gasteiger partial charge < -0.3 is 5.11 Å². The molecule has 0 spiro atoms. The third-order valence-corrected chi connectivity index (χ3v) is 5.94. The SMILES string of the molecule is Cn1cc2cc(-c3ccc4sc([C@H](O)C5CC(F)(F)C5)nc4n3)cnc2n1. The molecule has 4 aromatic rings. The number of aliphatic hydroxyl groups excluding tert-OH is 1. The molecule has 1 N–H and O–H groups in total. The molecule has 138 valence electrons. The van der Waals surface area contributed by atoms with E-state index in [4.69, 9.17) is 0 Å². The van der Waals surface area contributed by atoms with Crippen LogP contribution in [-0.4, -0.2) is 35.8 Å². The van der Waals surface area contributed by atoms with Crippen LogP contribution in [0.15, 0.2) is 30.6 Å². The summed E-state index contributed by atoms with van der Waals surface area (Å²) < 4.78 is 28.7. The number of pyridine rings is 2. The van der Waals surface area contributed by atoms with Crippen LogP contribution < -0.4 is 0 Å². The maximum atomic E-state index is 13.1. The van der Waals surface area contributed by atoms with Crippen LogP contribution in [0, 0.1) is 5.92 Å². The van der Waals surface area contributed by atoms with Crippen molar-refractivity contribution in [2.24, 2.45) is 13.0 Å². The molecule has 0 aromatic carbocycles. The number of halogens is 2. The molecular formula is C18H15F2N5OS. The number of nitrogens with zero attached hydrogens (tertiary/aromatic N) is 5. The van der Waals surface area contributed by atoms with E-state index in [0.29, 0.717) is 22.0 Å². The van der Waals surface area contributed by atoms with Crippen LogP contribution in [0.25, 0.3) is 32.6 Å². The molecule has 0 bridgehead atoms. The summed E-state index contributed by atoms with van der Waals surface area (Å²) in [4.78, 5) is 13.3. The zero-order valence-corrected chi connectivity index (χ0v) is 15.1. The van der Waals surface area contributed by atoms with Crippen molar-refractivity contribution in [2.45, 2.75) is 24.9 Å². The Hall–Kier alpha value is -2.52. The highest BCUT2D eigenvalue weighted by Gasteiger charge is 2.49. The average Bonchev–Trinajstić information content (AvgIpc) is 3.19. The molecule has 4 heterocycles. The summed E-state index contributed by atoms with van der Waals surface area (Å²) in [6.45, 7) is 0. The standard InChI is InChI=1S/C18H15F2N5OS/c1-25-8-10-4-9(7-21-15(10)24-25)12-2-3-13-16(22-12)23-17(27-13)14(26)11-5-18(19,20)6-11/h2-4,7-8,11,14,26H,5-6H2,1H3/t14-/m1/s1. The van der Waals surface area contributed by atoms with E-state index in [2.05, 4.69) is 20.1 Å². The van der Waals surface area contributed by atoms with Crippen LogP contribution in [0.5, 0.6) is 0 Å². The van der Waals surface area contributed by atoms with Crippen molar-refractivity contribution in [1.82, 2.24) is 24.7 Å². The van der Waals surface area contributed by atoms with Crippen LogP contribution >= 0.6 is 11.3 Å². The van der Waals surface area contributed by atoms with Gasteiger partial charge in [0.15, 0.2) is 11.3 Å². The number of hydrogen-bond acceptors (Lipinski definition) is 6. The van der Waals surface area contributed by atoms with Crippen molar-refractivity contribution in [3.8, 4) is 11.3 Å². The quantitative estimate of drug-likeness (QED) is 0.580. The number of hydrogen-bond donors (Lipinski definition) is 1. The topological polar surface area (TPSA) is 76.7 Å².